The van der Waals surface area contributed by atoms with Gasteiger partial charge in [0.1, 0.15) is 18.0 Å². The zero-order chi connectivity index (χ0) is 25.3. The summed E-state index contributed by atoms with van der Waals surface area (Å²) >= 11 is 0. The average Bonchev–Trinajstić information content (AvgIpc) is 3.14. The Balaban J connectivity index is 1.67. The van der Waals surface area contributed by atoms with Crippen LogP contribution in [0, 0.1) is 40.4 Å². The van der Waals surface area contributed by atoms with Crippen LogP contribution in [0.15, 0.2) is 59.2 Å². The van der Waals surface area contributed by atoms with Crippen LogP contribution in [0.1, 0.15) is 23.6 Å². The van der Waals surface area contributed by atoms with Crippen LogP contribution < -0.4 is 9.75 Å². The number of amides is 1. The zero-order valence-corrected chi connectivity index (χ0v) is 18.0. The Labute approximate surface area is 196 Å². The first kappa shape index (κ1) is 23.6. The summed E-state index contributed by atoms with van der Waals surface area (Å²) in [7, 11) is 0. The van der Waals surface area contributed by atoms with Crippen LogP contribution in [0.2, 0.25) is 0 Å². The van der Waals surface area contributed by atoms with Gasteiger partial charge in [-0.3, -0.25) is 4.79 Å². The van der Waals surface area contributed by atoms with Gasteiger partial charge < -0.3 is 4.74 Å². The summed E-state index contributed by atoms with van der Waals surface area (Å²) in [6, 6.07) is 15.4. The monoisotopic (exact) mass is 483 g/mol. The lowest BCUT2D eigenvalue weighted by molar-refractivity contribution is -0.114. The molecule has 0 bridgehead atoms. The smallest absolute Gasteiger partial charge is 0.280 e. The molecule has 0 N–H and O–H groups in total. The molecule has 3 aromatic carbocycles. The number of rotatable bonds is 5. The lowest BCUT2D eigenvalue weighted by atomic mass is 10.1. The molecule has 0 aromatic heterocycles. The second kappa shape index (κ2) is 9.38. The predicted molar refractivity (Wildman–Crippen MR) is 117 cm³/mol. The van der Waals surface area contributed by atoms with Gasteiger partial charge in [-0.2, -0.15) is 15.4 Å². The summed E-state index contributed by atoms with van der Waals surface area (Å²) in [6.07, 6.45) is 1.33. The van der Waals surface area contributed by atoms with Crippen LogP contribution in [0.3, 0.4) is 0 Å². The molecule has 176 valence electrons. The van der Waals surface area contributed by atoms with Crippen molar-refractivity contribution in [3.63, 3.8) is 0 Å². The number of para-hydroxylation sites is 1. The molecule has 0 unspecified atom stereocenters. The first-order valence-corrected chi connectivity index (χ1v) is 10.1. The number of carbonyl (C=O) groups is 1. The first-order valence-electron chi connectivity index (χ1n) is 10.1. The number of benzene rings is 3. The SMILES string of the molecule is CC1=NN(c2c(F)c(F)c(F)c(F)c2F)C(=O)/C1=C\c1ccccc1OCc1ccccc1C#N. The number of hydrogen-bond acceptors (Lipinski definition) is 4. The molecule has 4 rings (SSSR count). The van der Waals surface area contributed by atoms with E-state index in [0.717, 1.165) is 0 Å². The Hall–Kier alpha value is -4.52. The maximum absolute atomic E-state index is 14.2. The number of hydrogen-bond donors (Lipinski definition) is 0. The van der Waals surface area contributed by atoms with Crippen LogP contribution in [0.5, 0.6) is 5.75 Å². The molecular formula is C25H14F5N3O2. The van der Waals surface area contributed by atoms with Gasteiger partial charge in [0.25, 0.3) is 5.91 Å². The second-order valence-electron chi connectivity index (χ2n) is 7.37. The van der Waals surface area contributed by atoms with E-state index in [1.54, 1.807) is 48.5 Å². The fourth-order valence-corrected chi connectivity index (χ4v) is 3.41. The molecular weight excluding hydrogens is 469 g/mol. The Morgan fingerprint density at radius 1 is 0.943 bits per heavy atom. The maximum atomic E-state index is 14.2. The number of nitrogens with zero attached hydrogens (tertiary/aromatic N) is 3. The van der Waals surface area contributed by atoms with Crippen molar-refractivity contribution in [2.45, 2.75) is 13.5 Å². The van der Waals surface area contributed by atoms with Gasteiger partial charge in [0, 0.05) is 11.1 Å². The Morgan fingerprint density at radius 3 is 2.23 bits per heavy atom. The lowest BCUT2D eigenvalue weighted by Crippen LogP contribution is -2.25. The summed E-state index contributed by atoms with van der Waals surface area (Å²) in [5.41, 5.74) is -0.169. The fourth-order valence-electron chi connectivity index (χ4n) is 3.41. The molecule has 0 saturated carbocycles. The number of hydrazone groups is 1. The molecule has 35 heavy (non-hydrogen) atoms. The highest BCUT2D eigenvalue weighted by Crippen LogP contribution is 2.34. The second-order valence-corrected chi connectivity index (χ2v) is 7.37. The molecule has 1 aliphatic rings. The molecule has 1 aliphatic heterocycles. The largest absolute Gasteiger partial charge is 0.488 e. The highest BCUT2D eigenvalue weighted by atomic mass is 19.2. The summed E-state index contributed by atoms with van der Waals surface area (Å²) in [5, 5.41) is 13.1. The first-order chi connectivity index (χ1) is 16.7. The van der Waals surface area contributed by atoms with E-state index in [2.05, 4.69) is 11.2 Å². The molecule has 0 fully saturated rings. The van der Waals surface area contributed by atoms with Gasteiger partial charge in [-0.1, -0.05) is 36.4 Å². The van der Waals surface area contributed by atoms with Gasteiger partial charge in [0.2, 0.25) is 5.82 Å². The Bertz CT molecular complexity index is 1430. The quantitative estimate of drug-likeness (QED) is 0.204. The highest BCUT2D eigenvalue weighted by Gasteiger charge is 2.37. The van der Waals surface area contributed by atoms with E-state index in [9.17, 15) is 32.0 Å². The van der Waals surface area contributed by atoms with Gasteiger partial charge >= 0.3 is 0 Å². The Morgan fingerprint density at radius 2 is 1.54 bits per heavy atom. The van der Waals surface area contributed by atoms with Crippen molar-refractivity contribution in [1.82, 2.24) is 0 Å². The number of nitriles is 1. The van der Waals surface area contributed by atoms with Gasteiger partial charge in [-0.25, -0.2) is 22.0 Å². The molecule has 0 radical (unpaired) electrons. The summed E-state index contributed by atoms with van der Waals surface area (Å²) in [4.78, 5) is 12.9. The fraction of sp³-hybridized carbons (Fsp3) is 0.0800. The van der Waals surface area contributed by atoms with Gasteiger partial charge in [-0.05, 0) is 25.1 Å². The highest BCUT2D eigenvalue weighted by molar-refractivity contribution is 6.32. The normalized spacial score (nSPS) is 14.3. The maximum Gasteiger partial charge on any atom is 0.280 e. The van der Waals surface area contributed by atoms with Crippen LogP contribution in [0.25, 0.3) is 6.08 Å². The molecule has 1 heterocycles. The van der Waals surface area contributed by atoms with Crippen molar-refractivity contribution in [2.24, 2.45) is 5.10 Å². The number of carbonyl (C=O) groups excluding carboxylic acids is 1. The third kappa shape index (κ3) is 4.24. The summed E-state index contributed by atoms with van der Waals surface area (Å²) in [6.45, 7) is 1.39. The molecule has 0 saturated heterocycles. The summed E-state index contributed by atoms with van der Waals surface area (Å²) < 4.78 is 75.0. The minimum absolute atomic E-state index is 0.0106. The van der Waals surface area contributed by atoms with E-state index in [-0.39, 0.29) is 22.9 Å². The molecule has 0 atom stereocenters. The van der Waals surface area contributed by atoms with Crippen LogP contribution in [0.4, 0.5) is 27.6 Å². The van der Waals surface area contributed by atoms with E-state index >= 15 is 0 Å². The van der Waals surface area contributed by atoms with Crippen molar-refractivity contribution in [3.05, 3.63) is 99.9 Å². The molecule has 0 aliphatic carbocycles. The number of anilines is 1. The van der Waals surface area contributed by atoms with E-state index in [1.165, 1.54) is 13.0 Å². The van der Waals surface area contributed by atoms with Gasteiger partial charge in [-0.15, -0.1) is 0 Å². The minimum atomic E-state index is -2.34. The standard InChI is InChI=1S/C25H14F5N3O2/c1-13-17(25(34)33(32-13)24-22(29)20(27)19(26)21(28)23(24)30)10-14-6-4-5-9-18(14)35-12-16-8-3-2-7-15(16)11-31/h2-10H,12H2,1H3/b17-10-. The lowest BCUT2D eigenvalue weighted by Gasteiger charge is -2.15. The third-order valence-electron chi connectivity index (χ3n) is 5.20. The number of halogens is 5. The predicted octanol–water partition coefficient (Wildman–Crippen LogP) is 5.64. The van der Waals surface area contributed by atoms with Crippen molar-refractivity contribution in [2.75, 3.05) is 5.01 Å². The van der Waals surface area contributed by atoms with Crippen molar-refractivity contribution in [3.8, 4) is 11.8 Å². The summed E-state index contributed by atoms with van der Waals surface area (Å²) in [5.74, 6) is -11.8. The van der Waals surface area contributed by atoms with E-state index in [0.29, 0.717) is 22.4 Å². The van der Waals surface area contributed by atoms with Crippen molar-refractivity contribution >= 4 is 23.4 Å². The molecule has 1 amide bonds. The van der Waals surface area contributed by atoms with Crippen LogP contribution in [-0.2, 0) is 11.4 Å². The van der Waals surface area contributed by atoms with Crippen LogP contribution >= 0.6 is 0 Å². The van der Waals surface area contributed by atoms with Crippen LogP contribution in [-0.4, -0.2) is 11.6 Å². The number of ether oxygens (including phenoxy) is 1. The van der Waals surface area contributed by atoms with E-state index in [4.69, 9.17) is 4.74 Å². The van der Waals surface area contributed by atoms with Crippen molar-refractivity contribution < 1.29 is 31.5 Å². The third-order valence-corrected chi connectivity index (χ3v) is 5.20. The van der Waals surface area contributed by atoms with Gasteiger partial charge in [0.15, 0.2) is 23.3 Å². The zero-order valence-electron chi connectivity index (χ0n) is 18.0. The average molecular weight is 483 g/mol. The minimum Gasteiger partial charge on any atom is -0.488 e. The topological polar surface area (TPSA) is 65.7 Å². The molecule has 5 nitrogen and oxygen atoms in total. The Kier molecular flexibility index (Phi) is 6.34. The molecule has 10 heteroatoms. The van der Waals surface area contributed by atoms with Gasteiger partial charge in [0.05, 0.1) is 22.9 Å². The van der Waals surface area contributed by atoms with E-state index in [1.807, 2.05) is 0 Å². The molecule has 0 spiro atoms. The van der Waals surface area contributed by atoms with Crippen molar-refractivity contribution in [1.29, 1.82) is 5.26 Å². The molecule has 3 aromatic rings. The van der Waals surface area contributed by atoms with E-state index < -0.39 is 40.7 Å².